The number of hydrogen-bond acceptors (Lipinski definition) is 2. The number of fused-ring (bicyclic) bond motifs is 1. The van der Waals surface area contributed by atoms with Gasteiger partial charge in [-0.15, -0.1) is 0 Å². The van der Waals surface area contributed by atoms with Gasteiger partial charge in [-0.25, -0.2) is 4.79 Å². The van der Waals surface area contributed by atoms with Crippen LogP contribution >= 0.6 is 0 Å². The highest BCUT2D eigenvalue weighted by atomic mass is 19.4. The van der Waals surface area contributed by atoms with E-state index in [1.54, 1.807) is 0 Å². The SMILES string of the molecule is CCC(C)N(CCC(=O)NC1CCCc2ccccc21)C(=O)Nc1cccc(C(F)(F)F)c1. The van der Waals surface area contributed by atoms with Crippen molar-refractivity contribution >= 4 is 17.6 Å². The number of nitrogens with zero attached hydrogens (tertiary/aromatic N) is 1. The Balaban J connectivity index is 1.62. The van der Waals surface area contributed by atoms with Gasteiger partial charge in [0.1, 0.15) is 0 Å². The van der Waals surface area contributed by atoms with Crippen LogP contribution in [0.2, 0.25) is 0 Å². The number of alkyl halides is 3. The summed E-state index contributed by atoms with van der Waals surface area (Å²) in [6, 6.07) is 11.8. The van der Waals surface area contributed by atoms with Crippen molar-refractivity contribution in [2.75, 3.05) is 11.9 Å². The molecule has 2 N–H and O–H groups in total. The number of rotatable bonds is 7. The summed E-state index contributed by atoms with van der Waals surface area (Å²) in [6.45, 7) is 3.93. The number of hydrogen-bond donors (Lipinski definition) is 2. The van der Waals surface area contributed by atoms with E-state index >= 15 is 0 Å². The molecule has 178 valence electrons. The van der Waals surface area contributed by atoms with Gasteiger partial charge in [0.25, 0.3) is 0 Å². The van der Waals surface area contributed by atoms with Crippen molar-refractivity contribution in [2.24, 2.45) is 0 Å². The van der Waals surface area contributed by atoms with Crippen LogP contribution in [0.25, 0.3) is 0 Å². The highest BCUT2D eigenvalue weighted by molar-refractivity contribution is 5.90. The maximum absolute atomic E-state index is 13.0. The number of benzene rings is 2. The molecular weight excluding hydrogens is 431 g/mol. The Morgan fingerprint density at radius 2 is 1.91 bits per heavy atom. The summed E-state index contributed by atoms with van der Waals surface area (Å²) in [5.74, 6) is -0.156. The van der Waals surface area contributed by atoms with Gasteiger partial charge in [0, 0.05) is 24.7 Å². The first-order valence-corrected chi connectivity index (χ1v) is 11.3. The molecular formula is C25H30F3N3O2. The third-order valence-electron chi connectivity index (χ3n) is 6.11. The first-order valence-electron chi connectivity index (χ1n) is 11.3. The summed E-state index contributed by atoms with van der Waals surface area (Å²) in [7, 11) is 0. The molecule has 5 nitrogen and oxygen atoms in total. The van der Waals surface area contributed by atoms with E-state index in [1.807, 2.05) is 32.0 Å². The smallest absolute Gasteiger partial charge is 0.349 e. The Morgan fingerprint density at radius 3 is 2.64 bits per heavy atom. The van der Waals surface area contributed by atoms with Crippen LogP contribution in [0.3, 0.4) is 0 Å². The Bertz CT molecular complexity index is 977. The van der Waals surface area contributed by atoms with E-state index in [-0.39, 0.29) is 36.6 Å². The molecule has 3 rings (SSSR count). The predicted molar refractivity (Wildman–Crippen MR) is 122 cm³/mol. The van der Waals surface area contributed by atoms with E-state index in [1.165, 1.54) is 22.6 Å². The average molecular weight is 462 g/mol. The molecule has 3 amide bonds. The van der Waals surface area contributed by atoms with Crippen LogP contribution in [-0.2, 0) is 17.4 Å². The van der Waals surface area contributed by atoms with Crippen molar-refractivity contribution in [3.63, 3.8) is 0 Å². The van der Waals surface area contributed by atoms with Gasteiger partial charge in [0.15, 0.2) is 0 Å². The van der Waals surface area contributed by atoms with Gasteiger partial charge in [-0.05, 0) is 61.9 Å². The molecule has 2 atom stereocenters. The van der Waals surface area contributed by atoms with Crippen LogP contribution in [-0.4, -0.2) is 29.4 Å². The summed E-state index contributed by atoms with van der Waals surface area (Å²) >= 11 is 0. The molecule has 0 bridgehead atoms. The fourth-order valence-corrected chi connectivity index (χ4v) is 4.10. The maximum Gasteiger partial charge on any atom is 0.416 e. The standard InChI is InChI=1S/C25H30F3N3O2/c1-3-17(2)31(24(33)29-20-11-7-10-19(16-20)25(26,27)28)15-14-23(32)30-22-13-6-9-18-8-4-5-12-21(18)22/h4-5,7-8,10-12,16-17,22H,3,6,9,13-15H2,1-2H3,(H,29,33)(H,30,32). The van der Waals surface area contributed by atoms with Gasteiger partial charge in [0.2, 0.25) is 5.91 Å². The predicted octanol–water partition coefficient (Wildman–Crippen LogP) is 5.92. The van der Waals surface area contributed by atoms with Crippen molar-refractivity contribution in [3.8, 4) is 0 Å². The average Bonchev–Trinajstić information content (AvgIpc) is 2.79. The third-order valence-corrected chi connectivity index (χ3v) is 6.11. The minimum atomic E-state index is -4.49. The summed E-state index contributed by atoms with van der Waals surface area (Å²) in [6.07, 6.45) is -0.867. The van der Waals surface area contributed by atoms with Crippen molar-refractivity contribution in [3.05, 3.63) is 65.2 Å². The lowest BCUT2D eigenvalue weighted by atomic mass is 9.87. The second-order valence-corrected chi connectivity index (χ2v) is 8.42. The van der Waals surface area contributed by atoms with Crippen LogP contribution in [0.1, 0.15) is 62.3 Å². The molecule has 0 saturated heterocycles. The van der Waals surface area contributed by atoms with Gasteiger partial charge in [-0.1, -0.05) is 37.3 Å². The lowest BCUT2D eigenvalue weighted by Gasteiger charge is -2.30. The first kappa shape index (κ1) is 24.6. The zero-order valence-corrected chi connectivity index (χ0v) is 18.9. The summed E-state index contributed by atoms with van der Waals surface area (Å²) in [5, 5.41) is 5.62. The Kier molecular flexibility index (Phi) is 8.00. The largest absolute Gasteiger partial charge is 0.416 e. The monoisotopic (exact) mass is 461 g/mol. The molecule has 0 aliphatic heterocycles. The first-order chi connectivity index (χ1) is 15.7. The van der Waals surface area contributed by atoms with E-state index < -0.39 is 17.8 Å². The van der Waals surface area contributed by atoms with Crippen LogP contribution in [0.4, 0.5) is 23.7 Å². The molecule has 1 aliphatic carbocycles. The van der Waals surface area contributed by atoms with E-state index in [0.717, 1.165) is 37.0 Å². The fourth-order valence-electron chi connectivity index (χ4n) is 4.10. The zero-order chi connectivity index (χ0) is 24.0. The lowest BCUT2D eigenvalue weighted by molar-refractivity contribution is -0.137. The summed E-state index contributed by atoms with van der Waals surface area (Å²) in [5.41, 5.74) is 1.61. The molecule has 0 aromatic heterocycles. The van der Waals surface area contributed by atoms with E-state index in [9.17, 15) is 22.8 Å². The third kappa shape index (κ3) is 6.49. The van der Waals surface area contributed by atoms with Gasteiger partial charge in [0.05, 0.1) is 11.6 Å². The molecule has 0 heterocycles. The van der Waals surface area contributed by atoms with Gasteiger partial charge in [-0.3, -0.25) is 4.79 Å². The molecule has 2 aromatic carbocycles. The van der Waals surface area contributed by atoms with Crippen LogP contribution in [0.5, 0.6) is 0 Å². The normalized spacial score (nSPS) is 16.5. The number of anilines is 1. The number of aryl methyl sites for hydroxylation is 1. The molecule has 0 saturated carbocycles. The van der Waals surface area contributed by atoms with E-state index in [0.29, 0.717) is 6.42 Å². The van der Waals surface area contributed by atoms with Crippen LogP contribution in [0, 0.1) is 0 Å². The van der Waals surface area contributed by atoms with Crippen molar-refractivity contribution < 1.29 is 22.8 Å². The van der Waals surface area contributed by atoms with Gasteiger partial charge < -0.3 is 15.5 Å². The quantitative estimate of drug-likeness (QED) is 0.538. The molecule has 0 radical (unpaired) electrons. The minimum Gasteiger partial charge on any atom is -0.349 e. The topological polar surface area (TPSA) is 61.4 Å². The highest BCUT2D eigenvalue weighted by Crippen LogP contribution is 2.31. The number of halogens is 3. The van der Waals surface area contributed by atoms with E-state index in [4.69, 9.17) is 0 Å². The highest BCUT2D eigenvalue weighted by Gasteiger charge is 2.31. The minimum absolute atomic E-state index is 0.0431. The Labute approximate surface area is 192 Å². The number of amides is 3. The number of urea groups is 1. The summed E-state index contributed by atoms with van der Waals surface area (Å²) < 4.78 is 38.9. The Hall–Kier alpha value is -3.03. The zero-order valence-electron chi connectivity index (χ0n) is 18.9. The number of carbonyl (C=O) groups excluding carboxylic acids is 2. The number of carbonyl (C=O) groups is 2. The van der Waals surface area contributed by atoms with E-state index in [2.05, 4.69) is 16.7 Å². The van der Waals surface area contributed by atoms with Crippen LogP contribution < -0.4 is 10.6 Å². The molecule has 33 heavy (non-hydrogen) atoms. The van der Waals surface area contributed by atoms with Gasteiger partial charge in [-0.2, -0.15) is 13.2 Å². The molecule has 0 spiro atoms. The van der Waals surface area contributed by atoms with Gasteiger partial charge >= 0.3 is 12.2 Å². The fraction of sp³-hybridized carbons (Fsp3) is 0.440. The number of nitrogens with one attached hydrogen (secondary N) is 2. The van der Waals surface area contributed by atoms with Crippen LogP contribution in [0.15, 0.2) is 48.5 Å². The van der Waals surface area contributed by atoms with Crippen molar-refractivity contribution in [1.29, 1.82) is 0 Å². The Morgan fingerprint density at radius 1 is 1.15 bits per heavy atom. The molecule has 0 fully saturated rings. The lowest BCUT2D eigenvalue weighted by Crippen LogP contribution is -2.43. The van der Waals surface area contributed by atoms with Crippen molar-refractivity contribution in [1.82, 2.24) is 10.2 Å². The van der Waals surface area contributed by atoms with Crippen molar-refractivity contribution in [2.45, 2.75) is 64.2 Å². The maximum atomic E-state index is 13.0. The second-order valence-electron chi connectivity index (χ2n) is 8.42. The second kappa shape index (κ2) is 10.7. The molecule has 8 heteroatoms. The molecule has 2 aromatic rings. The molecule has 2 unspecified atom stereocenters. The summed E-state index contributed by atoms with van der Waals surface area (Å²) in [4.78, 5) is 27.0. The molecule has 1 aliphatic rings.